The number of nitrogens with one attached hydrogen (secondary N) is 1. The molecule has 1 fully saturated rings. The molecular weight excluding hydrogens is 428 g/mol. The highest BCUT2D eigenvalue weighted by Gasteiger charge is 2.27. The van der Waals surface area contributed by atoms with Crippen molar-refractivity contribution in [3.05, 3.63) is 71.6 Å². The molecule has 1 aliphatic rings. The van der Waals surface area contributed by atoms with Crippen LogP contribution in [0.15, 0.2) is 48.8 Å². The molecule has 0 radical (unpaired) electrons. The van der Waals surface area contributed by atoms with Gasteiger partial charge < -0.3 is 9.64 Å². The summed E-state index contributed by atoms with van der Waals surface area (Å²) in [4.78, 5) is 23.3. The van der Waals surface area contributed by atoms with Gasteiger partial charge in [-0.05, 0) is 42.7 Å². The van der Waals surface area contributed by atoms with Crippen LogP contribution < -0.4 is 4.74 Å². The van der Waals surface area contributed by atoms with Crippen molar-refractivity contribution < 1.29 is 18.3 Å². The number of pyridine rings is 2. The van der Waals surface area contributed by atoms with Gasteiger partial charge in [0.2, 0.25) is 5.88 Å². The van der Waals surface area contributed by atoms with Gasteiger partial charge in [-0.25, -0.2) is 13.8 Å². The molecule has 1 aliphatic carbocycles. The van der Waals surface area contributed by atoms with E-state index in [0.29, 0.717) is 39.2 Å². The molecule has 7 nitrogen and oxygen atoms in total. The number of ether oxygens (including phenoxy) is 1. The highest BCUT2D eigenvalue weighted by molar-refractivity contribution is 5.93. The van der Waals surface area contributed by atoms with Gasteiger partial charge in [-0.15, -0.1) is 0 Å². The predicted octanol–water partition coefficient (Wildman–Crippen LogP) is 4.44. The molecule has 1 N–H and O–H groups in total. The second kappa shape index (κ2) is 8.57. The summed E-state index contributed by atoms with van der Waals surface area (Å²) in [5.41, 5.74) is 3.12. The van der Waals surface area contributed by atoms with Gasteiger partial charge in [0.1, 0.15) is 24.3 Å². The second-order valence-corrected chi connectivity index (χ2v) is 8.06. The zero-order valence-corrected chi connectivity index (χ0v) is 17.9. The van der Waals surface area contributed by atoms with Crippen LogP contribution in [0.1, 0.15) is 34.6 Å². The van der Waals surface area contributed by atoms with E-state index >= 15 is 0 Å². The van der Waals surface area contributed by atoms with Crippen LogP contribution in [-0.2, 0) is 13.2 Å². The van der Waals surface area contributed by atoms with Crippen molar-refractivity contribution in [3.63, 3.8) is 0 Å². The number of benzene rings is 1. The van der Waals surface area contributed by atoms with Crippen molar-refractivity contribution in [2.75, 3.05) is 7.05 Å². The normalized spacial score (nSPS) is 13.3. The molecule has 3 aromatic heterocycles. The van der Waals surface area contributed by atoms with Gasteiger partial charge in [-0.2, -0.15) is 5.10 Å². The number of rotatable bonds is 7. The first-order valence-electron chi connectivity index (χ1n) is 10.6. The summed E-state index contributed by atoms with van der Waals surface area (Å²) in [5, 5.41) is 7.43. The van der Waals surface area contributed by atoms with Crippen LogP contribution in [0.2, 0.25) is 0 Å². The number of carbonyl (C=O) groups excluding carboxylic acids is 1. The molecule has 0 spiro atoms. The third-order valence-electron chi connectivity index (χ3n) is 5.55. The number of halogens is 2. The third-order valence-corrected chi connectivity index (χ3v) is 5.55. The molecule has 9 heteroatoms. The predicted molar refractivity (Wildman–Crippen MR) is 118 cm³/mol. The summed E-state index contributed by atoms with van der Waals surface area (Å²) in [6.07, 6.45) is 4.97. The lowest BCUT2D eigenvalue weighted by molar-refractivity contribution is 0.0778. The lowest BCUT2D eigenvalue weighted by atomic mass is 10.1. The van der Waals surface area contributed by atoms with Crippen LogP contribution in [0.4, 0.5) is 8.78 Å². The van der Waals surface area contributed by atoms with E-state index in [-0.39, 0.29) is 30.1 Å². The Morgan fingerprint density at radius 2 is 2.09 bits per heavy atom. The summed E-state index contributed by atoms with van der Waals surface area (Å²) < 4.78 is 32.9. The maximum atomic E-state index is 13.8. The highest BCUT2D eigenvalue weighted by atomic mass is 19.1. The number of hydrogen-bond acceptors (Lipinski definition) is 5. The first-order chi connectivity index (χ1) is 16.0. The summed E-state index contributed by atoms with van der Waals surface area (Å²) >= 11 is 0. The number of H-pyrrole nitrogens is 1. The minimum atomic E-state index is -0.698. The zero-order valence-electron chi connectivity index (χ0n) is 17.9. The van der Waals surface area contributed by atoms with Gasteiger partial charge in [-0.1, -0.05) is 12.1 Å². The Bertz CT molecular complexity index is 1340. The Morgan fingerprint density at radius 3 is 2.85 bits per heavy atom. The van der Waals surface area contributed by atoms with Gasteiger partial charge >= 0.3 is 0 Å². The number of aromatic amines is 1. The highest BCUT2D eigenvalue weighted by Crippen LogP contribution is 2.34. The van der Waals surface area contributed by atoms with Gasteiger partial charge in [0, 0.05) is 36.3 Å². The quantitative estimate of drug-likeness (QED) is 0.451. The van der Waals surface area contributed by atoms with E-state index in [9.17, 15) is 13.6 Å². The first-order valence-corrected chi connectivity index (χ1v) is 10.6. The van der Waals surface area contributed by atoms with Crippen molar-refractivity contribution >= 4 is 16.8 Å². The van der Waals surface area contributed by atoms with Gasteiger partial charge in [0.25, 0.3) is 5.91 Å². The Hall–Kier alpha value is -3.88. The summed E-state index contributed by atoms with van der Waals surface area (Å²) in [6, 6.07) is 9.51. The van der Waals surface area contributed by atoms with E-state index in [4.69, 9.17) is 4.74 Å². The average molecular weight is 449 g/mol. The lowest BCUT2D eigenvalue weighted by Gasteiger charge is -2.18. The van der Waals surface area contributed by atoms with Crippen LogP contribution in [0.3, 0.4) is 0 Å². The molecule has 4 aromatic rings. The van der Waals surface area contributed by atoms with Gasteiger partial charge in [0.05, 0.1) is 17.4 Å². The molecule has 1 saturated carbocycles. The van der Waals surface area contributed by atoms with Crippen molar-refractivity contribution in [1.82, 2.24) is 25.1 Å². The maximum Gasteiger partial charge on any atom is 0.272 e. The topological polar surface area (TPSA) is 84.0 Å². The molecule has 0 aliphatic heterocycles. The molecular formula is C24H21F2N5O2. The second-order valence-electron chi connectivity index (χ2n) is 8.06. The minimum absolute atomic E-state index is 0.0571. The summed E-state index contributed by atoms with van der Waals surface area (Å²) in [6.45, 7) is -0.473. The Morgan fingerprint density at radius 1 is 1.24 bits per heavy atom. The number of nitrogens with zero attached hydrogens (tertiary/aromatic N) is 4. The van der Waals surface area contributed by atoms with E-state index in [0.717, 1.165) is 12.8 Å². The van der Waals surface area contributed by atoms with Crippen LogP contribution >= 0.6 is 0 Å². The average Bonchev–Trinajstić information content (AvgIpc) is 3.49. The number of aromatic nitrogens is 4. The SMILES string of the molecule is CN(Cc1cnc(CF)c2cn[nH]c12)C(=O)c1ccc(-c2cccc(F)c2)c(OC2CC2)n1. The number of amides is 1. The minimum Gasteiger partial charge on any atom is -0.474 e. The maximum absolute atomic E-state index is 13.8. The largest absolute Gasteiger partial charge is 0.474 e. The molecule has 3 heterocycles. The molecule has 1 amide bonds. The van der Waals surface area contributed by atoms with E-state index in [1.54, 1.807) is 37.5 Å². The van der Waals surface area contributed by atoms with E-state index < -0.39 is 6.67 Å². The van der Waals surface area contributed by atoms with E-state index in [2.05, 4.69) is 20.2 Å². The van der Waals surface area contributed by atoms with Crippen molar-refractivity contribution in [1.29, 1.82) is 0 Å². The van der Waals surface area contributed by atoms with E-state index in [1.807, 2.05) is 0 Å². The van der Waals surface area contributed by atoms with Gasteiger partial charge in [0.15, 0.2) is 0 Å². The Balaban J connectivity index is 1.43. The number of fused-ring (bicyclic) bond motifs is 1. The lowest BCUT2D eigenvalue weighted by Crippen LogP contribution is -2.27. The van der Waals surface area contributed by atoms with Crippen LogP contribution in [0.25, 0.3) is 22.0 Å². The fourth-order valence-corrected chi connectivity index (χ4v) is 3.66. The van der Waals surface area contributed by atoms with Crippen LogP contribution in [-0.4, -0.2) is 44.1 Å². The molecule has 0 saturated heterocycles. The third kappa shape index (κ3) is 4.26. The molecule has 0 bridgehead atoms. The number of carbonyl (C=O) groups is 1. The molecule has 168 valence electrons. The zero-order chi connectivity index (χ0) is 22.9. The molecule has 33 heavy (non-hydrogen) atoms. The van der Waals surface area contributed by atoms with E-state index in [1.165, 1.54) is 23.2 Å². The van der Waals surface area contributed by atoms with Crippen LogP contribution in [0, 0.1) is 5.82 Å². The van der Waals surface area contributed by atoms with Gasteiger partial charge in [-0.3, -0.25) is 14.9 Å². The van der Waals surface area contributed by atoms with Crippen LogP contribution in [0.5, 0.6) is 5.88 Å². The van der Waals surface area contributed by atoms with Crippen molar-refractivity contribution in [2.45, 2.75) is 32.2 Å². The number of hydrogen-bond donors (Lipinski definition) is 1. The molecule has 0 atom stereocenters. The molecule has 1 aromatic carbocycles. The number of alkyl halides is 1. The summed E-state index contributed by atoms with van der Waals surface area (Å²) in [5.74, 6) is -0.363. The molecule has 5 rings (SSSR count). The smallest absolute Gasteiger partial charge is 0.272 e. The fraction of sp³-hybridized carbons (Fsp3) is 0.250. The fourth-order valence-electron chi connectivity index (χ4n) is 3.66. The molecule has 0 unspecified atom stereocenters. The Kier molecular flexibility index (Phi) is 5.45. The van der Waals surface area contributed by atoms with Crippen molar-refractivity contribution in [3.8, 4) is 17.0 Å². The van der Waals surface area contributed by atoms with Crippen molar-refractivity contribution in [2.24, 2.45) is 0 Å². The Labute approximate surface area is 188 Å². The monoisotopic (exact) mass is 449 g/mol. The summed E-state index contributed by atoms with van der Waals surface area (Å²) in [7, 11) is 1.65. The standard InChI is InChI=1S/C24H21F2N5O2/c1-31(13-15-11-27-21(10-25)19-12-28-30-22(15)19)24(32)20-8-7-18(14-3-2-4-16(26)9-14)23(29-20)33-17-5-6-17/h2-4,7-9,11-12,17H,5-6,10,13H2,1H3,(H,28,30). The first kappa shape index (κ1) is 21.0.